The molecule has 3 aromatic heterocycles. The van der Waals surface area contributed by atoms with Gasteiger partial charge in [0, 0.05) is 6.20 Å². The monoisotopic (exact) mass is 333 g/mol. The molecule has 124 valence electrons. The second-order valence-corrected chi connectivity index (χ2v) is 5.59. The number of nitrogen functional groups attached to an aromatic ring is 1. The SMILES string of the molecule is Cc1cccc(-n2nnc(-c3nc(-c4ccccn4)no3)c2N)c1C. The number of nitrogens with two attached hydrogens (primary N) is 1. The van der Waals surface area contributed by atoms with E-state index in [9.17, 15) is 0 Å². The van der Waals surface area contributed by atoms with E-state index in [-0.39, 0.29) is 5.89 Å². The Labute approximate surface area is 143 Å². The van der Waals surface area contributed by atoms with Crippen molar-refractivity contribution in [2.45, 2.75) is 13.8 Å². The fraction of sp³-hybridized carbons (Fsp3) is 0.118. The summed E-state index contributed by atoms with van der Waals surface area (Å²) in [6.45, 7) is 4.04. The van der Waals surface area contributed by atoms with Crippen molar-refractivity contribution in [1.82, 2.24) is 30.1 Å². The van der Waals surface area contributed by atoms with Gasteiger partial charge in [-0.3, -0.25) is 4.98 Å². The number of aromatic nitrogens is 6. The van der Waals surface area contributed by atoms with Crippen molar-refractivity contribution in [1.29, 1.82) is 0 Å². The molecule has 0 fully saturated rings. The number of anilines is 1. The summed E-state index contributed by atoms with van der Waals surface area (Å²) in [6.07, 6.45) is 1.66. The van der Waals surface area contributed by atoms with Crippen molar-refractivity contribution < 1.29 is 4.52 Å². The van der Waals surface area contributed by atoms with Gasteiger partial charge in [-0.15, -0.1) is 5.10 Å². The summed E-state index contributed by atoms with van der Waals surface area (Å²) >= 11 is 0. The van der Waals surface area contributed by atoms with Crippen molar-refractivity contribution >= 4 is 5.82 Å². The van der Waals surface area contributed by atoms with E-state index >= 15 is 0 Å². The molecular weight excluding hydrogens is 318 g/mol. The number of nitrogens with zero attached hydrogens (tertiary/aromatic N) is 6. The minimum absolute atomic E-state index is 0.203. The molecule has 0 bridgehead atoms. The quantitative estimate of drug-likeness (QED) is 0.613. The van der Waals surface area contributed by atoms with Gasteiger partial charge in [0.2, 0.25) is 5.82 Å². The molecule has 25 heavy (non-hydrogen) atoms. The Balaban J connectivity index is 1.75. The van der Waals surface area contributed by atoms with Crippen LogP contribution in [0.3, 0.4) is 0 Å². The highest BCUT2D eigenvalue weighted by atomic mass is 16.5. The van der Waals surface area contributed by atoms with Gasteiger partial charge in [0.25, 0.3) is 5.89 Å². The molecule has 4 rings (SSSR count). The van der Waals surface area contributed by atoms with E-state index < -0.39 is 0 Å². The van der Waals surface area contributed by atoms with E-state index in [4.69, 9.17) is 10.3 Å². The zero-order valence-electron chi connectivity index (χ0n) is 13.7. The third kappa shape index (κ3) is 2.53. The third-order valence-electron chi connectivity index (χ3n) is 4.03. The normalized spacial score (nSPS) is 11.0. The van der Waals surface area contributed by atoms with Gasteiger partial charge in [-0.1, -0.05) is 28.6 Å². The molecule has 0 amide bonds. The Morgan fingerprint density at radius 2 is 1.96 bits per heavy atom. The molecule has 2 N–H and O–H groups in total. The zero-order chi connectivity index (χ0) is 17.4. The highest BCUT2D eigenvalue weighted by molar-refractivity contribution is 5.66. The van der Waals surface area contributed by atoms with Crippen molar-refractivity contribution in [2.75, 3.05) is 5.73 Å². The summed E-state index contributed by atoms with van der Waals surface area (Å²) in [6, 6.07) is 11.4. The summed E-state index contributed by atoms with van der Waals surface area (Å²) in [4.78, 5) is 8.52. The van der Waals surface area contributed by atoms with Gasteiger partial charge in [0.1, 0.15) is 5.69 Å². The molecule has 0 unspecified atom stereocenters. The predicted molar refractivity (Wildman–Crippen MR) is 91.8 cm³/mol. The van der Waals surface area contributed by atoms with Crippen LogP contribution in [-0.4, -0.2) is 30.1 Å². The second-order valence-electron chi connectivity index (χ2n) is 5.59. The first-order chi connectivity index (χ1) is 12.1. The van der Waals surface area contributed by atoms with Gasteiger partial charge < -0.3 is 10.3 Å². The number of pyridine rings is 1. The van der Waals surface area contributed by atoms with Crippen LogP contribution in [-0.2, 0) is 0 Å². The zero-order valence-corrected chi connectivity index (χ0v) is 13.7. The Kier molecular flexibility index (Phi) is 3.50. The first kappa shape index (κ1) is 15.0. The van der Waals surface area contributed by atoms with Gasteiger partial charge in [-0.25, -0.2) is 0 Å². The molecule has 8 nitrogen and oxygen atoms in total. The molecule has 0 saturated heterocycles. The molecule has 0 aliphatic heterocycles. The number of hydrogen-bond donors (Lipinski definition) is 1. The van der Waals surface area contributed by atoms with Gasteiger partial charge in [0.15, 0.2) is 11.5 Å². The van der Waals surface area contributed by atoms with Gasteiger partial charge in [-0.05, 0) is 43.2 Å². The van der Waals surface area contributed by atoms with E-state index in [2.05, 4.69) is 25.4 Å². The molecule has 4 aromatic rings. The standard InChI is InChI=1S/C17H15N7O/c1-10-6-5-8-13(11(10)2)24-15(18)14(21-23-24)17-20-16(22-25-17)12-7-3-4-9-19-12/h3-9H,18H2,1-2H3. The molecule has 0 radical (unpaired) electrons. The van der Waals surface area contributed by atoms with E-state index in [1.165, 1.54) is 0 Å². The number of rotatable bonds is 3. The maximum Gasteiger partial charge on any atom is 0.282 e. The van der Waals surface area contributed by atoms with Crippen LogP contribution in [0, 0.1) is 13.8 Å². The van der Waals surface area contributed by atoms with Gasteiger partial charge >= 0.3 is 0 Å². The first-order valence-corrected chi connectivity index (χ1v) is 7.68. The lowest BCUT2D eigenvalue weighted by Gasteiger charge is -2.08. The molecule has 0 spiro atoms. The Hall–Kier alpha value is -3.55. The minimum Gasteiger partial charge on any atom is -0.382 e. The van der Waals surface area contributed by atoms with E-state index in [0.29, 0.717) is 23.0 Å². The Morgan fingerprint density at radius 3 is 2.76 bits per heavy atom. The lowest BCUT2D eigenvalue weighted by molar-refractivity contribution is 0.431. The Bertz CT molecular complexity index is 1040. The van der Waals surface area contributed by atoms with E-state index in [0.717, 1.165) is 16.8 Å². The van der Waals surface area contributed by atoms with Crippen LogP contribution < -0.4 is 5.73 Å². The average Bonchev–Trinajstić information content (AvgIpc) is 3.25. The van der Waals surface area contributed by atoms with Crippen LogP contribution in [0.4, 0.5) is 5.82 Å². The molecule has 1 aromatic carbocycles. The summed E-state index contributed by atoms with van der Waals surface area (Å²) < 4.78 is 6.86. The topological polar surface area (TPSA) is 109 Å². The fourth-order valence-corrected chi connectivity index (χ4v) is 2.50. The molecule has 3 heterocycles. The first-order valence-electron chi connectivity index (χ1n) is 7.68. The fourth-order valence-electron chi connectivity index (χ4n) is 2.50. The van der Waals surface area contributed by atoms with Crippen molar-refractivity contribution in [3.8, 4) is 28.8 Å². The van der Waals surface area contributed by atoms with E-state index in [1.807, 2.05) is 44.2 Å². The number of hydrogen-bond acceptors (Lipinski definition) is 7. The average molecular weight is 333 g/mol. The maximum atomic E-state index is 6.23. The summed E-state index contributed by atoms with van der Waals surface area (Å²) in [5, 5.41) is 12.2. The number of aryl methyl sites for hydroxylation is 1. The lowest BCUT2D eigenvalue weighted by Crippen LogP contribution is -2.05. The lowest BCUT2D eigenvalue weighted by atomic mass is 10.1. The molecule has 8 heteroatoms. The van der Waals surface area contributed by atoms with Crippen LogP contribution in [0.1, 0.15) is 11.1 Å². The van der Waals surface area contributed by atoms with Gasteiger partial charge in [-0.2, -0.15) is 9.67 Å². The molecular formula is C17H15N7O. The van der Waals surface area contributed by atoms with Crippen LogP contribution in [0.2, 0.25) is 0 Å². The van der Waals surface area contributed by atoms with Crippen LogP contribution in [0.25, 0.3) is 28.8 Å². The Morgan fingerprint density at radius 1 is 1.08 bits per heavy atom. The highest BCUT2D eigenvalue weighted by Gasteiger charge is 2.20. The molecule has 0 saturated carbocycles. The van der Waals surface area contributed by atoms with Crippen molar-refractivity contribution in [2.24, 2.45) is 0 Å². The summed E-state index contributed by atoms with van der Waals surface area (Å²) in [5.41, 5.74) is 10.3. The molecule has 0 aliphatic rings. The molecule has 0 atom stereocenters. The highest BCUT2D eigenvalue weighted by Crippen LogP contribution is 2.27. The van der Waals surface area contributed by atoms with Crippen molar-refractivity contribution in [3.63, 3.8) is 0 Å². The summed E-state index contributed by atoms with van der Waals surface area (Å²) in [5.74, 6) is 0.913. The number of benzene rings is 1. The minimum atomic E-state index is 0.203. The van der Waals surface area contributed by atoms with Crippen molar-refractivity contribution in [3.05, 3.63) is 53.7 Å². The largest absolute Gasteiger partial charge is 0.382 e. The van der Waals surface area contributed by atoms with Crippen LogP contribution in [0.15, 0.2) is 47.1 Å². The van der Waals surface area contributed by atoms with E-state index in [1.54, 1.807) is 16.9 Å². The second kappa shape index (κ2) is 5.82. The van der Waals surface area contributed by atoms with Crippen LogP contribution >= 0.6 is 0 Å². The maximum absolute atomic E-state index is 6.23. The summed E-state index contributed by atoms with van der Waals surface area (Å²) in [7, 11) is 0. The smallest absolute Gasteiger partial charge is 0.282 e. The van der Waals surface area contributed by atoms with Gasteiger partial charge in [0.05, 0.1) is 5.69 Å². The predicted octanol–water partition coefficient (Wildman–Crippen LogP) is 2.58. The van der Waals surface area contributed by atoms with Crippen LogP contribution in [0.5, 0.6) is 0 Å². The molecule has 0 aliphatic carbocycles. The third-order valence-corrected chi connectivity index (χ3v) is 4.03.